The molecule has 0 aromatic carbocycles. The SMILES string of the molecule is CNC(=O)[C@@H]1[C@@H]2CCC3(O2)C(C(=O)NC2CCCCC2)N([C@@H](CO)CC(C)C)C(=O)[C@H]13. The van der Waals surface area contributed by atoms with Crippen LogP contribution in [0.4, 0.5) is 0 Å². The van der Waals surface area contributed by atoms with E-state index in [0.29, 0.717) is 19.3 Å². The fraction of sp³-hybridized carbons (Fsp3) is 0.870. The Morgan fingerprint density at radius 2 is 1.90 bits per heavy atom. The summed E-state index contributed by atoms with van der Waals surface area (Å²) in [4.78, 5) is 41.7. The lowest BCUT2D eigenvalue weighted by Crippen LogP contribution is -2.59. The number of hydrogen-bond donors (Lipinski definition) is 3. The second-order valence-corrected chi connectivity index (χ2v) is 10.2. The predicted molar refractivity (Wildman–Crippen MR) is 114 cm³/mol. The van der Waals surface area contributed by atoms with E-state index in [1.165, 1.54) is 6.42 Å². The first kappa shape index (κ1) is 22.5. The molecule has 3 amide bonds. The Kier molecular flexibility index (Phi) is 6.32. The minimum Gasteiger partial charge on any atom is -0.394 e. The summed E-state index contributed by atoms with van der Waals surface area (Å²) in [6.07, 6.45) is 6.77. The summed E-state index contributed by atoms with van der Waals surface area (Å²) in [7, 11) is 1.57. The summed E-state index contributed by atoms with van der Waals surface area (Å²) >= 11 is 0. The largest absolute Gasteiger partial charge is 0.394 e. The van der Waals surface area contributed by atoms with Crippen LogP contribution in [0.2, 0.25) is 0 Å². The third kappa shape index (κ3) is 3.65. The quantitative estimate of drug-likeness (QED) is 0.552. The van der Waals surface area contributed by atoms with Gasteiger partial charge in [-0.05, 0) is 38.0 Å². The highest BCUT2D eigenvalue weighted by Crippen LogP contribution is 2.58. The van der Waals surface area contributed by atoms with E-state index in [1.807, 2.05) is 13.8 Å². The maximum absolute atomic E-state index is 13.8. The molecule has 2 unspecified atom stereocenters. The molecule has 3 saturated heterocycles. The number of nitrogens with one attached hydrogen (secondary N) is 2. The van der Waals surface area contributed by atoms with Crippen molar-refractivity contribution in [2.24, 2.45) is 17.8 Å². The molecular weight excluding hydrogens is 398 g/mol. The maximum atomic E-state index is 13.8. The third-order valence-electron chi connectivity index (χ3n) is 7.83. The molecule has 31 heavy (non-hydrogen) atoms. The Bertz CT molecular complexity index is 722. The van der Waals surface area contributed by atoms with E-state index >= 15 is 0 Å². The molecular formula is C23H37N3O5. The fourth-order valence-corrected chi connectivity index (χ4v) is 6.60. The average molecular weight is 436 g/mol. The Morgan fingerprint density at radius 1 is 1.19 bits per heavy atom. The second kappa shape index (κ2) is 8.70. The molecule has 1 spiro atoms. The van der Waals surface area contributed by atoms with Gasteiger partial charge in [-0.3, -0.25) is 14.4 Å². The average Bonchev–Trinajstić information content (AvgIpc) is 3.39. The van der Waals surface area contributed by atoms with E-state index in [1.54, 1.807) is 11.9 Å². The fourth-order valence-electron chi connectivity index (χ4n) is 6.60. The smallest absolute Gasteiger partial charge is 0.246 e. The van der Waals surface area contributed by atoms with Crippen molar-refractivity contribution in [3.8, 4) is 0 Å². The lowest BCUT2D eigenvalue weighted by molar-refractivity contribution is -0.146. The molecule has 1 saturated carbocycles. The molecule has 3 aliphatic heterocycles. The lowest BCUT2D eigenvalue weighted by atomic mass is 9.70. The predicted octanol–water partition coefficient (Wildman–Crippen LogP) is 0.963. The Balaban J connectivity index is 1.70. The first-order valence-corrected chi connectivity index (χ1v) is 12.0. The highest BCUT2D eigenvalue weighted by Gasteiger charge is 2.75. The molecule has 0 aromatic heterocycles. The standard InChI is InChI=1S/C23H37N3O5/c1-13(2)11-15(12-27)26-19(21(29)25-14-7-5-4-6-8-14)23-10-9-16(31-23)17(20(28)24-3)18(23)22(26)30/h13-19,27H,4-12H2,1-3H3,(H,24,28)(H,25,29)/t15-,16+,17-,18+,19?,23?/m1/s1. The van der Waals surface area contributed by atoms with Crippen molar-refractivity contribution in [3.05, 3.63) is 0 Å². The summed E-state index contributed by atoms with van der Waals surface area (Å²) < 4.78 is 6.38. The number of hydrogen-bond acceptors (Lipinski definition) is 5. The van der Waals surface area contributed by atoms with Gasteiger partial charge in [0.05, 0.1) is 30.6 Å². The van der Waals surface area contributed by atoms with Crippen LogP contribution in [-0.2, 0) is 19.1 Å². The normalized spacial score (nSPS) is 36.0. The third-order valence-corrected chi connectivity index (χ3v) is 7.83. The van der Waals surface area contributed by atoms with Crippen LogP contribution in [0.3, 0.4) is 0 Å². The zero-order valence-electron chi connectivity index (χ0n) is 18.9. The molecule has 0 radical (unpaired) electrons. The summed E-state index contributed by atoms with van der Waals surface area (Å²) in [6, 6.07) is -1.16. The highest BCUT2D eigenvalue weighted by atomic mass is 16.5. The zero-order chi connectivity index (χ0) is 22.3. The number of carbonyl (C=O) groups is 3. The van der Waals surface area contributed by atoms with Gasteiger partial charge in [0.2, 0.25) is 17.7 Å². The van der Waals surface area contributed by atoms with Crippen LogP contribution >= 0.6 is 0 Å². The van der Waals surface area contributed by atoms with Crippen molar-refractivity contribution in [2.45, 2.75) is 95.0 Å². The molecule has 0 aromatic rings. The van der Waals surface area contributed by atoms with Crippen molar-refractivity contribution in [3.63, 3.8) is 0 Å². The molecule has 3 N–H and O–H groups in total. The highest BCUT2D eigenvalue weighted by molar-refractivity contribution is 5.99. The molecule has 4 rings (SSSR count). The van der Waals surface area contributed by atoms with Gasteiger partial charge in [-0.15, -0.1) is 0 Å². The van der Waals surface area contributed by atoms with Gasteiger partial charge in [-0.2, -0.15) is 0 Å². The van der Waals surface area contributed by atoms with Crippen molar-refractivity contribution >= 4 is 17.7 Å². The minimum absolute atomic E-state index is 0.111. The first-order chi connectivity index (χ1) is 14.8. The van der Waals surface area contributed by atoms with Crippen LogP contribution in [-0.4, -0.2) is 71.2 Å². The molecule has 4 aliphatic rings. The van der Waals surface area contributed by atoms with Crippen molar-refractivity contribution in [2.75, 3.05) is 13.7 Å². The van der Waals surface area contributed by atoms with E-state index < -0.39 is 29.5 Å². The number of nitrogens with zero attached hydrogens (tertiary/aromatic N) is 1. The van der Waals surface area contributed by atoms with Gasteiger partial charge in [-0.25, -0.2) is 0 Å². The van der Waals surface area contributed by atoms with Gasteiger partial charge in [0.25, 0.3) is 0 Å². The number of fused-ring (bicyclic) bond motifs is 1. The van der Waals surface area contributed by atoms with E-state index in [4.69, 9.17) is 4.74 Å². The molecule has 8 heteroatoms. The molecule has 2 bridgehead atoms. The van der Waals surface area contributed by atoms with E-state index in [9.17, 15) is 19.5 Å². The summed E-state index contributed by atoms with van der Waals surface area (Å²) in [5.41, 5.74) is -0.984. The Morgan fingerprint density at radius 3 is 2.52 bits per heavy atom. The molecule has 6 atom stereocenters. The summed E-state index contributed by atoms with van der Waals surface area (Å²) in [5, 5.41) is 16.1. The minimum atomic E-state index is -0.984. The first-order valence-electron chi connectivity index (χ1n) is 12.0. The van der Waals surface area contributed by atoms with Crippen LogP contribution in [0.15, 0.2) is 0 Å². The lowest BCUT2D eigenvalue weighted by Gasteiger charge is -2.38. The van der Waals surface area contributed by atoms with Crippen LogP contribution in [0.25, 0.3) is 0 Å². The number of amides is 3. The van der Waals surface area contributed by atoms with Crippen LogP contribution < -0.4 is 10.6 Å². The summed E-state index contributed by atoms with van der Waals surface area (Å²) in [6.45, 7) is 3.86. The molecule has 174 valence electrons. The van der Waals surface area contributed by atoms with Crippen molar-refractivity contribution < 1.29 is 24.2 Å². The van der Waals surface area contributed by atoms with Crippen molar-refractivity contribution in [1.29, 1.82) is 0 Å². The van der Waals surface area contributed by atoms with Gasteiger partial charge in [-0.1, -0.05) is 33.1 Å². The molecule has 1 aliphatic carbocycles. The Labute approximate surface area is 184 Å². The van der Waals surface area contributed by atoms with Gasteiger partial charge in [0, 0.05) is 13.1 Å². The van der Waals surface area contributed by atoms with Gasteiger partial charge < -0.3 is 25.4 Å². The van der Waals surface area contributed by atoms with Crippen LogP contribution in [0.5, 0.6) is 0 Å². The second-order valence-electron chi connectivity index (χ2n) is 10.2. The van der Waals surface area contributed by atoms with E-state index in [0.717, 1.165) is 25.7 Å². The van der Waals surface area contributed by atoms with Crippen molar-refractivity contribution in [1.82, 2.24) is 15.5 Å². The zero-order valence-corrected chi connectivity index (χ0v) is 18.9. The van der Waals surface area contributed by atoms with E-state index in [2.05, 4.69) is 10.6 Å². The monoisotopic (exact) mass is 435 g/mol. The van der Waals surface area contributed by atoms with E-state index in [-0.39, 0.29) is 42.4 Å². The molecule has 3 heterocycles. The van der Waals surface area contributed by atoms with Crippen LogP contribution in [0, 0.1) is 17.8 Å². The number of carbonyl (C=O) groups excluding carboxylic acids is 3. The summed E-state index contributed by atoms with van der Waals surface area (Å²) in [5.74, 6) is -1.63. The molecule has 4 fully saturated rings. The number of rotatable bonds is 7. The number of ether oxygens (including phenoxy) is 1. The van der Waals surface area contributed by atoms with Gasteiger partial charge in [0.15, 0.2) is 0 Å². The number of aliphatic hydroxyl groups excluding tert-OH is 1. The number of likely N-dealkylation sites (tertiary alicyclic amines) is 1. The maximum Gasteiger partial charge on any atom is 0.246 e. The van der Waals surface area contributed by atoms with Gasteiger partial charge >= 0.3 is 0 Å². The van der Waals surface area contributed by atoms with Gasteiger partial charge in [0.1, 0.15) is 11.6 Å². The Hall–Kier alpha value is -1.67. The molecule has 8 nitrogen and oxygen atoms in total. The topological polar surface area (TPSA) is 108 Å². The number of aliphatic hydroxyl groups is 1. The van der Waals surface area contributed by atoms with Crippen LogP contribution in [0.1, 0.15) is 65.2 Å².